The van der Waals surface area contributed by atoms with E-state index >= 15 is 0 Å². The Morgan fingerprint density at radius 3 is 2.57 bits per heavy atom. The van der Waals surface area contributed by atoms with Gasteiger partial charge < -0.3 is 19.7 Å². The molecule has 0 spiro atoms. The molecule has 2 unspecified atom stereocenters. The average Bonchev–Trinajstić information content (AvgIpc) is 3.57. The summed E-state index contributed by atoms with van der Waals surface area (Å²) in [4.78, 5) is 31.3. The molecular weight excluding hydrogens is 358 g/mol. The fraction of sp³-hybridized carbons (Fsp3) is 0.381. The summed E-state index contributed by atoms with van der Waals surface area (Å²) in [5.41, 5.74) is 1.82. The van der Waals surface area contributed by atoms with Crippen molar-refractivity contribution in [2.45, 2.75) is 37.6 Å². The Balaban J connectivity index is 1.57. The number of hydrogen-bond donors (Lipinski definition) is 1. The minimum Gasteiger partial charge on any atom is -0.497 e. The van der Waals surface area contributed by atoms with Gasteiger partial charge in [0.2, 0.25) is 5.91 Å². The number of carbonyl (C=O) groups is 2. The van der Waals surface area contributed by atoms with Crippen molar-refractivity contribution in [3.8, 4) is 5.75 Å². The van der Waals surface area contributed by atoms with E-state index in [1.165, 1.54) is 0 Å². The van der Waals surface area contributed by atoms with E-state index in [1.54, 1.807) is 19.5 Å². The molecule has 0 radical (unpaired) electrons. The number of pyridine rings is 1. The van der Waals surface area contributed by atoms with Gasteiger partial charge in [0.25, 0.3) is 5.91 Å². The van der Waals surface area contributed by atoms with E-state index in [0.29, 0.717) is 6.54 Å². The predicted molar refractivity (Wildman–Crippen MR) is 101 cm³/mol. The topological polar surface area (TPSA) is 80.8 Å². The number of rotatable bonds is 6. The molecule has 2 aromatic rings. The fourth-order valence-electron chi connectivity index (χ4n) is 3.56. The van der Waals surface area contributed by atoms with Crippen LogP contribution in [0.25, 0.3) is 0 Å². The Morgan fingerprint density at radius 1 is 1.21 bits per heavy atom. The minimum atomic E-state index is -0.756. The normalized spacial score (nSPS) is 22.0. The third-order valence-electron chi connectivity index (χ3n) is 5.13. The van der Waals surface area contributed by atoms with Crippen molar-refractivity contribution >= 4 is 11.8 Å². The fourth-order valence-corrected chi connectivity index (χ4v) is 3.56. The maximum Gasteiger partial charge on any atom is 0.251 e. The van der Waals surface area contributed by atoms with Crippen LogP contribution in [0.3, 0.4) is 0 Å². The molecule has 2 amide bonds. The van der Waals surface area contributed by atoms with E-state index in [9.17, 15) is 9.59 Å². The number of benzene rings is 1. The zero-order chi connectivity index (χ0) is 19.5. The number of morpholine rings is 1. The van der Waals surface area contributed by atoms with Crippen LogP contribution in [-0.4, -0.2) is 47.6 Å². The number of aromatic nitrogens is 1. The van der Waals surface area contributed by atoms with E-state index in [2.05, 4.69) is 10.3 Å². The molecule has 1 N–H and O–H groups in total. The number of nitrogens with zero attached hydrogens (tertiary/aromatic N) is 2. The molecule has 0 bridgehead atoms. The van der Waals surface area contributed by atoms with E-state index in [1.807, 2.05) is 41.3 Å². The van der Waals surface area contributed by atoms with Gasteiger partial charge in [-0.05, 0) is 48.2 Å². The summed E-state index contributed by atoms with van der Waals surface area (Å²) in [6, 6.07) is 10.9. The molecule has 7 heteroatoms. The van der Waals surface area contributed by atoms with Crippen LogP contribution in [0, 0.1) is 0 Å². The predicted octanol–water partition coefficient (Wildman–Crippen LogP) is 1.84. The molecule has 1 aromatic heterocycles. The van der Waals surface area contributed by atoms with Crippen molar-refractivity contribution < 1.29 is 19.1 Å². The highest BCUT2D eigenvalue weighted by Crippen LogP contribution is 2.39. The van der Waals surface area contributed by atoms with Gasteiger partial charge in [-0.2, -0.15) is 0 Å². The maximum absolute atomic E-state index is 13.0. The second kappa shape index (κ2) is 7.98. The molecule has 146 valence electrons. The van der Waals surface area contributed by atoms with Crippen LogP contribution in [0.15, 0.2) is 48.8 Å². The van der Waals surface area contributed by atoms with Crippen molar-refractivity contribution in [2.75, 3.05) is 13.7 Å². The van der Waals surface area contributed by atoms with E-state index in [4.69, 9.17) is 9.47 Å². The number of carbonyl (C=O) groups excluding carboxylic acids is 2. The second-order valence-corrected chi connectivity index (χ2v) is 7.06. The molecule has 1 aliphatic carbocycles. The quantitative estimate of drug-likeness (QED) is 0.826. The van der Waals surface area contributed by atoms with Crippen LogP contribution in [0.5, 0.6) is 5.75 Å². The smallest absolute Gasteiger partial charge is 0.251 e. The summed E-state index contributed by atoms with van der Waals surface area (Å²) in [5.74, 6) is 0.431. The lowest BCUT2D eigenvalue weighted by molar-refractivity contribution is -0.165. The van der Waals surface area contributed by atoms with Crippen molar-refractivity contribution in [1.29, 1.82) is 0 Å². The summed E-state index contributed by atoms with van der Waals surface area (Å²) in [6.07, 6.45) is 4.54. The van der Waals surface area contributed by atoms with Crippen LogP contribution in [0.2, 0.25) is 0 Å². The Kier molecular flexibility index (Phi) is 5.25. The number of methoxy groups -OCH3 is 1. The van der Waals surface area contributed by atoms with Gasteiger partial charge in [0, 0.05) is 25.0 Å². The summed E-state index contributed by atoms with van der Waals surface area (Å²) in [5, 5.41) is 2.93. The summed E-state index contributed by atoms with van der Waals surface area (Å²) in [7, 11) is 1.61. The molecule has 2 aliphatic rings. The van der Waals surface area contributed by atoms with Gasteiger partial charge in [0.15, 0.2) is 6.10 Å². The highest BCUT2D eigenvalue weighted by Gasteiger charge is 2.47. The van der Waals surface area contributed by atoms with E-state index in [-0.39, 0.29) is 24.5 Å². The van der Waals surface area contributed by atoms with Gasteiger partial charge in [-0.3, -0.25) is 14.6 Å². The van der Waals surface area contributed by atoms with E-state index < -0.39 is 12.1 Å². The summed E-state index contributed by atoms with van der Waals surface area (Å²) in [6.45, 7) is 0.310. The zero-order valence-corrected chi connectivity index (χ0v) is 15.7. The lowest BCUT2D eigenvalue weighted by Gasteiger charge is -2.40. The Hall–Kier alpha value is -2.93. The first-order chi connectivity index (χ1) is 13.7. The largest absolute Gasteiger partial charge is 0.497 e. The standard InChI is InChI=1S/C21H23N3O4/c1-27-17-6-2-15(3-7-17)19-20(28-13-18(25)24(19)16-4-5-16)21(26)23-12-14-8-10-22-11-9-14/h2-3,6-11,16,19-20H,4-5,12-13H2,1H3,(H,23,26). The lowest BCUT2D eigenvalue weighted by atomic mass is 9.96. The Bertz CT molecular complexity index is 836. The van der Waals surface area contributed by atoms with Crippen molar-refractivity contribution in [1.82, 2.24) is 15.2 Å². The van der Waals surface area contributed by atoms with Gasteiger partial charge in [0.1, 0.15) is 12.4 Å². The van der Waals surface area contributed by atoms with Crippen LogP contribution in [0.4, 0.5) is 0 Å². The SMILES string of the molecule is COc1ccc(C2C(C(=O)NCc3ccncc3)OCC(=O)N2C2CC2)cc1. The first-order valence-corrected chi connectivity index (χ1v) is 9.40. The molecule has 1 saturated carbocycles. The maximum atomic E-state index is 13.0. The first kappa shape index (κ1) is 18.4. The number of ether oxygens (including phenoxy) is 2. The minimum absolute atomic E-state index is 0.0681. The number of hydrogen-bond acceptors (Lipinski definition) is 5. The molecule has 2 heterocycles. The Labute approximate surface area is 163 Å². The van der Waals surface area contributed by atoms with Crippen LogP contribution in [-0.2, 0) is 20.9 Å². The van der Waals surface area contributed by atoms with Crippen molar-refractivity contribution in [3.05, 3.63) is 59.9 Å². The summed E-state index contributed by atoms with van der Waals surface area (Å²) < 4.78 is 11.0. The molecule has 2 fully saturated rings. The Morgan fingerprint density at radius 2 is 1.93 bits per heavy atom. The molecule has 1 aromatic carbocycles. The second-order valence-electron chi connectivity index (χ2n) is 7.06. The molecule has 4 rings (SSSR count). The number of amides is 2. The van der Waals surface area contributed by atoms with Gasteiger partial charge in [-0.1, -0.05) is 12.1 Å². The zero-order valence-electron chi connectivity index (χ0n) is 15.7. The molecule has 28 heavy (non-hydrogen) atoms. The van der Waals surface area contributed by atoms with Crippen molar-refractivity contribution in [2.24, 2.45) is 0 Å². The van der Waals surface area contributed by atoms with Gasteiger partial charge in [0.05, 0.1) is 13.2 Å². The van der Waals surface area contributed by atoms with Crippen LogP contribution in [0.1, 0.15) is 30.0 Å². The number of nitrogens with one attached hydrogen (secondary N) is 1. The first-order valence-electron chi connectivity index (χ1n) is 9.40. The van der Waals surface area contributed by atoms with Crippen molar-refractivity contribution in [3.63, 3.8) is 0 Å². The molecular formula is C21H23N3O4. The lowest BCUT2D eigenvalue weighted by Crippen LogP contribution is -2.55. The molecule has 1 aliphatic heterocycles. The monoisotopic (exact) mass is 381 g/mol. The highest BCUT2D eigenvalue weighted by atomic mass is 16.5. The van der Waals surface area contributed by atoms with Gasteiger partial charge in [-0.15, -0.1) is 0 Å². The van der Waals surface area contributed by atoms with Gasteiger partial charge >= 0.3 is 0 Å². The molecule has 1 saturated heterocycles. The van der Waals surface area contributed by atoms with Crippen LogP contribution < -0.4 is 10.1 Å². The average molecular weight is 381 g/mol. The molecule has 7 nitrogen and oxygen atoms in total. The molecule has 2 atom stereocenters. The third-order valence-corrected chi connectivity index (χ3v) is 5.13. The third kappa shape index (κ3) is 3.84. The van der Waals surface area contributed by atoms with Gasteiger partial charge in [-0.25, -0.2) is 0 Å². The highest BCUT2D eigenvalue weighted by molar-refractivity contribution is 5.86. The van der Waals surface area contributed by atoms with Crippen LogP contribution >= 0.6 is 0 Å². The van der Waals surface area contributed by atoms with E-state index in [0.717, 1.165) is 29.7 Å². The summed E-state index contributed by atoms with van der Waals surface area (Å²) >= 11 is 0.